The highest BCUT2D eigenvalue weighted by atomic mass is 32.2. The van der Waals surface area contributed by atoms with Gasteiger partial charge in [-0.05, 0) is 19.4 Å². The molecule has 1 fully saturated rings. The van der Waals surface area contributed by atoms with Gasteiger partial charge in [-0.3, -0.25) is 14.2 Å². The summed E-state index contributed by atoms with van der Waals surface area (Å²) in [7, 11) is -1.90. The minimum atomic E-state index is -3.57. The molecule has 0 aromatic carbocycles. The van der Waals surface area contributed by atoms with E-state index in [1.54, 1.807) is 22.8 Å². The van der Waals surface area contributed by atoms with Crippen LogP contribution in [0.25, 0.3) is 0 Å². The molecule has 0 atom stereocenters. The first-order chi connectivity index (χ1) is 11.9. The average Bonchev–Trinajstić information content (AvgIpc) is 3.08. The second-order valence-corrected chi connectivity index (χ2v) is 8.08. The molecule has 1 aliphatic rings. The van der Waals surface area contributed by atoms with Crippen LogP contribution in [0.3, 0.4) is 0 Å². The van der Waals surface area contributed by atoms with Crippen molar-refractivity contribution in [1.82, 2.24) is 28.8 Å². The molecule has 0 aliphatic carbocycles. The van der Waals surface area contributed by atoms with Crippen LogP contribution in [0.2, 0.25) is 0 Å². The summed E-state index contributed by atoms with van der Waals surface area (Å²) < 4.78 is 29.9. The van der Waals surface area contributed by atoms with Gasteiger partial charge >= 0.3 is 0 Å². The SMILES string of the molecule is Cc1ccn(CC(=O)N2CCCN(S(=O)(=O)c3cnn(C)c3)CC2)n1. The lowest BCUT2D eigenvalue weighted by Crippen LogP contribution is -2.38. The second-order valence-electron chi connectivity index (χ2n) is 6.14. The van der Waals surface area contributed by atoms with Gasteiger partial charge < -0.3 is 4.90 Å². The number of sulfonamides is 1. The van der Waals surface area contributed by atoms with E-state index in [1.165, 1.54) is 21.4 Å². The molecule has 3 rings (SSSR count). The Kier molecular flexibility index (Phi) is 4.91. The monoisotopic (exact) mass is 366 g/mol. The third-order valence-corrected chi connectivity index (χ3v) is 6.05. The molecule has 0 saturated carbocycles. The molecule has 2 aromatic rings. The van der Waals surface area contributed by atoms with Gasteiger partial charge in [0, 0.05) is 45.6 Å². The highest BCUT2D eigenvalue weighted by Crippen LogP contribution is 2.17. The van der Waals surface area contributed by atoms with E-state index in [9.17, 15) is 13.2 Å². The van der Waals surface area contributed by atoms with Gasteiger partial charge in [-0.15, -0.1) is 0 Å². The third kappa shape index (κ3) is 3.90. The zero-order chi connectivity index (χ0) is 18.0. The molecule has 25 heavy (non-hydrogen) atoms. The highest BCUT2D eigenvalue weighted by Gasteiger charge is 2.29. The first kappa shape index (κ1) is 17.6. The van der Waals surface area contributed by atoms with Gasteiger partial charge in [0.15, 0.2) is 0 Å². The van der Waals surface area contributed by atoms with Gasteiger partial charge in [0.2, 0.25) is 15.9 Å². The van der Waals surface area contributed by atoms with Gasteiger partial charge in [-0.2, -0.15) is 14.5 Å². The first-order valence-corrected chi connectivity index (χ1v) is 9.57. The number of rotatable bonds is 4. The maximum Gasteiger partial charge on any atom is 0.246 e. The van der Waals surface area contributed by atoms with E-state index in [2.05, 4.69) is 10.2 Å². The topological polar surface area (TPSA) is 93.3 Å². The van der Waals surface area contributed by atoms with Crippen molar-refractivity contribution in [1.29, 1.82) is 0 Å². The van der Waals surface area contributed by atoms with E-state index in [-0.39, 0.29) is 23.9 Å². The van der Waals surface area contributed by atoms with E-state index >= 15 is 0 Å². The molecular weight excluding hydrogens is 344 g/mol. The quantitative estimate of drug-likeness (QED) is 0.750. The number of carbonyl (C=O) groups is 1. The lowest BCUT2D eigenvalue weighted by molar-refractivity contribution is -0.131. The predicted octanol–water partition coefficient (Wildman–Crippen LogP) is -0.152. The molecule has 9 nitrogen and oxygen atoms in total. The van der Waals surface area contributed by atoms with Crippen LogP contribution >= 0.6 is 0 Å². The van der Waals surface area contributed by atoms with Crippen molar-refractivity contribution in [2.45, 2.75) is 24.8 Å². The molecule has 0 radical (unpaired) electrons. The number of aromatic nitrogens is 4. The fourth-order valence-electron chi connectivity index (χ4n) is 2.85. The molecule has 0 spiro atoms. The Morgan fingerprint density at radius 1 is 1.24 bits per heavy atom. The van der Waals surface area contributed by atoms with Crippen LogP contribution in [0, 0.1) is 6.92 Å². The second kappa shape index (κ2) is 6.96. The van der Waals surface area contributed by atoms with Gasteiger partial charge in [-0.25, -0.2) is 8.42 Å². The van der Waals surface area contributed by atoms with Gasteiger partial charge in [0.25, 0.3) is 0 Å². The fourth-order valence-corrected chi connectivity index (χ4v) is 4.31. The van der Waals surface area contributed by atoms with Crippen LogP contribution < -0.4 is 0 Å². The van der Waals surface area contributed by atoms with Crippen LogP contribution in [0.4, 0.5) is 0 Å². The van der Waals surface area contributed by atoms with E-state index in [4.69, 9.17) is 0 Å². The minimum absolute atomic E-state index is 0.0521. The smallest absolute Gasteiger partial charge is 0.246 e. The molecule has 2 aromatic heterocycles. The maximum absolute atomic E-state index is 12.7. The summed E-state index contributed by atoms with van der Waals surface area (Å²) in [5.74, 6) is -0.0521. The van der Waals surface area contributed by atoms with E-state index < -0.39 is 10.0 Å². The molecule has 0 unspecified atom stereocenters. The number of amides is 1. The van der Waals surface area contributed by atoms with Crippen molar-refractivity contribution < 1.29 is 13.2 Å². The molecule has 136 valence electrons. The summed E-state index contributed by atoms with van der Waals surface area (Å²) in [6.07, 6.45) is 5.21. The summed E-state index contributed by atoms with van der Waals surface area (Å²) in [6.45, 7) is 3.62. The fraction of sp³-hybridized carbons (Fsp3) is 0.533. The zero-order valence-corrected chi connectivity index (χ0v) is 15.2. The third-order valence-electron chi connectivity index (χ3n) is 4.20. The predicted molar refractivity (Wildman–Crippen MR) is 90.1 cm³/mol. The van der Waals surface area contributed by atoms with Crippen LogP contribution in [-0.2, 0) is 28.4 Å². The lowest BCUT2D eigenvalue weighted by Gasteiger charge is -2.21. The molecule has 0 bridgehead atoms. The first-order valence-electron chi connectivity index (χ1n) is 8.13. The standard InChI is InChI=1S/C15H22N6O3S/c1-13-4-7-20(17-13)12-15(22)19-5-3-6-21(9-8-19)25(23,24)14-10-16-18(2)11-14/h4,7,10-11H,3,5-6,8-9,12H2,1-2H3. The van der Waals surface area contributed by atoms with Crippen molar-refractivity contribution in [2.24, 2.45) is 7.05 Å². The van der Waals surface area contributed by atoms with Crippen LogP contribution in [0.15, 0.2) is 29.6 Å². The van der Waals surface area contributed by atoms with E-state index in [0.29, 0.717) is 26.1 Å². The Balaban J connectivity index is 1.65. The highest BCUT2D eigenvalue weighted by molar-refractivity contribution is 7.89. The van der Waals surface area contributed by atoms with Crippen molar-refractivity contribution in [3.8, 4) is 0 Å². The molecule has 3 heterocycles. The molecular formula is C15H22N6O3S. The maximum atomic E-state index is 12.7. The Morgan fingerprint density at radius 3 is 2.68 bits per heavy atom. The molecule has 0 N–H and O–H groups in total. The number of carbonyl (C=O) groups excluding carboxylic acids is 1. The molecule has 1 amide bonds. The van der Waals surface area contributed by atoms with Gasteiger partial charge in [0.05, 0.1) is 11.9 Å². The van der Waals surface area contributed by atoms with Crippen LogP contribution in [0.5, 0.6) is 0 Å². The average molecular weight is 366 g/mol. The molecule has 10 heteroatoms. The summed E-state index contributed by atoms with van der Waals surface area (Å²) in [5.41, 5.74) is 0.859. The van der Waals surface area contributed by atoms with Crippen molar-refractivity contribution in [2.75, 3.05) is 26.2 Å². The molecule has 1 aliphatic heterocycles. The largest absolute Gasteiger partial charge is 0.340 e. The summed E-state index contributed by atoms with van der Waals surface area (Å²) in [5, 5.41) is 8.15. The summed E-state index contributed by atoms with van der Waals surface area (Å²) in [6, 6.07) is 1.85. The van der Waals surface area contributed by atoms with Crippen LogP contribution in [0.1, 0.15) is 12.1 Å². The van der Waals surface area contributed by atoms with Crippen molar-refractivity contribution >= 4 is 15.9 Å². The Morgan fingerprint density at radius 2 is 2.04 bits per heavy atom. The zero-order valence-electron chi connectivity index (χ0n) is 14.4. The Labute approximate surface area is 146 Å². The normalized spacial score (nSPS) is 16.8. The van der Waals surface area contributed by atoms with Crippen molar-refractivity contribution in [3.63, 3.8) is 0 Å². The van der Waals surface area contributed by atoms with Gasteiger partial charge in [-0.1, -0.05) is 0 Å². The number of aryl methyl sites for hydroxylation is 2. The van der Waals surface area contributed by atoms with Gasteiger partial charge in [0.1, 0.15) is 11.4 Å². The summed E-state index contributed by atoms with van der Waals surface area (Å²) >= 11 is 0. The molecule has 1 saturated heterocycles. The minimum Gasteiger partial charge on any atom is -0.340 e. The summed E-state index contributed by atoms with van der Waals surface area (Å²) in [4.78, 5) is 14.3. The van der Waals surface area contributed by atoms with E-state index in [0.717, 1.165) is 5.69 Å². The Hall–Kier alpha value is -2.20. The lowest BCUT2D eigenvalue weighted by atomic mass is 10.4. The van der Waals surface area contributed by atoms with Crippen molar-refractivity contribution in [3.05, 3.63) is 30.4 Å². The Bertz CT molecular complexity index is 856. The number of hydrogen-bond acceptors (Lipinski definition) is 5. The van der Waals surface area contributed by atoms with E-state index in [1.807, 2.05) is 13.0 Å². The number of nitrogens with zero attached hydrogens (tertiary/aromatic N) is 6. The van der Waals surface area contributed by atoms with Crippen LogP contribution in [-0.4, -0.2) is 69.3 Å². The number of hydrogen-bond donors (Lipinski definition) is 0.